The molecule has 0 radical (unpaired) electrons. The van der Waals surface area contributed by atoms with Crippen LogP contribution in [0.5, 0.6) is 0 Å². The SMILES string of the molecule is CN1CSc2c(cccc2C(C)(C)C)C1. The van der Waals surface area contributed by atoms with Crippen LogP contribution in [0.1, 0.15) is 31.9 Å². The summed E-state index contributed by atoms with van der Waals surface area (Å²) in [5.41, 5.74) is 3.24. The number of rotatable bonds is 0. The molecule has 0 fully saturated rings. The highest BCUT2D eigenvalue weighted by atomic mass is 32.2. The average molecular weight is 221 g/mol. The van der Waals surface area contributed by atoms with Gasteiger partial charge in [-0.05, 0) is 23.6 Å². The van der Waals surface area contributed by atoms with Gasteiger partial charge in [-0.15, -0.1) is 11.8 Å². The summed E-state index contributed by atoms with van der Waals surface area (Å²) in [6.45, 7) is 7.97. The minimum Gasteiger partial charge on any atom is -0.293 e. The zero-order valence-electron chi connectivity index (χ0n) is 10.0. The molecule has 15 heavy (non-hydrogen) atoms. The van der Waals surface area contributed by atoms with E-state index in [1.165, 1.54) is 16.0 Å². The minimum atomic E-state index is 0.258. The molecule has 82 valence electrons. The normalized spacial score (nSPS) is 17.6. The van der Waals surface area contributed by atoms with Crippen LogP contribution in [-0.4, -0.2) is 17.8 Å². The van der Waals surface area contributed by atoms with E-state index in [4.69, 9.17) is 0 Å². The van der Waals surface area contributed by atoms with Crippen LogP contribution in [0.2, 0.25) is 0 Å². The van der Waals surface area contributed by atoms with E-state index < -0.39 is 0 Å². The van der Waals surface area contributed by atoms with E-state index in [9.17, 15) is 0 Å². The molecule has 0 spiro atoms. The average Bonchev–Trinajstić information content (AvgIpc) is 2.15. The maximum absolute atomic E-state index is 2.36. The maximum Gasteiger partial charge on any atom is 0.0492 e. The third-order valence-corrected chi connectivity index (χ3v) is 4.11. The molecule has 1 aliphatic rings. The van der Waals surface area contributed by atoms with Crippen molar-refractivity contribution in [3.8, 4) is 0 Å². The summed E-state index contributed by atoms with van der Waals surface area (Å²) in [5, 5.41) is 0. The Bertz CT molecular complexity index is 365. The molecular formula is C13H19NS. The van der Waals surface area contributed by atoms with Crippen LogP contribution >= 0.6 is 11.8 Å². The molecule has 1 aliphatic heterocycles. The third-order valence-electron chi connectivity index (χ3n) is 2.77. The van der Waals surface area contributed by atoms with Gasteiger partial charge in [-0.1, -0.05) is 39.0 Å². The van der Waals surface area contributed by atoms with Gasteiger partial charge in [0.05, 0.1) is 0 Å². The molecule has 2 heteroatoms. The second-order valence-corrected chi connectivity index (χ2v) is 6.29. The Morgan fingerprint density at radius 3 is 2.67 bits per heavy atom. The van der Waals surface area contributed by atoms with Gasteiger partial charge in [-0.3, -0.25) is 4.90 Å². The number of hydrogen-bond donors (Lipinski definition) is 0. The number of thioether (sulfide) groups is 1. The largest absolute Gasteiger partial charge is 0.293 e. The molecule has 0 saturated carbocycles. The maximum atomic E-state index is 2.36. The Morgan fingerprint density at radius 1 is 1.27 bits per heavy atom. The molecule has 0 aromatic heterocycles. The fourth-order valence-corrected chi connectivity index (χ4v) is 3.27. The highest BCUT2D eigenvalue weighted by Gasteiger charge is 2.23. The predicted octanol–water partition coefficient (Wildman–Crippen LogP) is 3.48. The number of benzene rings is 1. The van der Waals surface area contributed by atoms with Crippen molar-refractivity contribution in [1.82, 2.24) is 4.90 Å². The van der Waals surface area contributed by atoms with Gasteiger partial charge in [0.15, 0.2) is 0 Å². The molecule has 0 aliphatic carbocycles. The summed E-state index contributed by atoms with van der Waals surface area (Å²) < 4.78 is 0. The van der Waals surface area contributed by atoms with Crippen LogP contribution in [0.3, 0.4) is 0 Å². The fourth-order valence-electron chi connectivity index (χ4n) is 1.98. The zero-order chi connectivity index (χ0) is 11.1. The zero-order valence-corrected chi connectivity index (χ0v) is 10.8. The molecule has 0 unspecified atom stereocenters. The smallest absolute Gasteiger partial charge is 0.0492 e. The topological polar surface area (TPSA) is 3.24 Å². The quantitative estimate of drug-likeness (QED) is 0.660. The van der Waals surface area contributed by atoms with Crippen LogP contribution < -0.4 is 0 Å². The van der Waals surface area contributed by atoms with Crippen molar-refractivity contribution in [2.75, 3.05) is 12.9 Å². The summed E-state index contributed by atoms with van der Waals surface area (Å²) >= 11 is 1.98. The molecule has 1 nitrogen and oxygen atoms in total. The lowest BCUT2D eigenvalue weighted by atomic mass is 9.86. The van der Waals surface area contributed by atoms with Gasteiger partial charge in [-0.25, -0.2) is 0 Å². The second kappa shape index (κ2) is 3.84. The number of fused-ring (bicyclic) bond motifs is 1. The van der Waals surface area contributed by atoms with Crippen LogP contribution in [0, 0.1) is 0 Å². The summed E-state index contributed by atoms with van der Waals surface area (Å²) in [4.78, 5) is 3.88. The van der Waals surface area contributed by atoms with Gasteiger partial charge >= 0.3 is 0 Å². The highest BCUT2D eigenvalue weighted by Crippen LogP contribution is 2.38. The van der Waals surface area contributed by atoms with E-state index in [1.807, 2.05) is 11.8 Å². The van der Waals surface area contributed by atoms with Gasteiger partial charge < -0.3 is 0 Å². The van der Waals surface area contributed by atoms with Crippen molar-refractivity contribution in [3.05, 3.63) is 29.3 Å². The Balaban J connectivity index is 2.47. The molecule has 0 bridgehead atoms. The number of nitrogens with zero attached hydrogens (tertiary/aromatic N) is 1. The van der Waals surface area contributed by atoms with Gasteiger partial charge in [0.25, 0.3) is 0 Å². The Hall–Kier alpha value is -0.470. The summed E-state index contributed by atoms with van der Waals surface area (Å²) in [6, 6.07) is 6.73. The van der Waals surface area contributed by atoms with Crippen molar-refractivity contribution in [3.63, 3.8) is 0 Å². The van der Waals surface area contributed by atoms with Crippen LogP contribution in [0.4, 0.5) is 0 Å². The van der Waals surface area contributed by atoms with E-state index in [1.54, 1.807) is 0 Å². The molecule has 0 amide bonds. The van der Waals surface area contributed by atoms with Crippen molar-refractivity contribution >= 4 is 11.8 Å². The molecule has 1 heterocycles. The molecule has 0 atom stereocenters. The predicted molar refractivity (Wildman–Crippen MR) is 67.3 cm³/mol. The number of hydrogen-bond acceptors (Lipinski definition) is 2. The summed E-state index contributed by atoms with van der Waals surface area (Å²) in [6.07, 6.45) is 0. The third kappa shape index (κ3) is 2.21. The first-order valence-electron chi connectivity index (χ1n) is 5.42. The first-order valence-corrected chi connectivity index (χ1v) is 6.41. The summed E-state index contributed by atoms with van der Waals surface area (Å²) in [5.74, 6) is 1.11. The van der Waals surface area contributed by atoms with Crippen molar-refractivity contribution in [2.24, 2.45) is 0 Å². The van der Waals surface area contributed by atoms with E-state index >= 15 is 0 Å². The standard InChI is InChI=1S/C13H19NS/c1-13(2,3)11-7-5-6-10-8-14(4)9-15-12(10)11/h5-7H,8-9H2,1-4H3. The van der Waals surface area contributed by atoms with Crippen molar-refractivity contribution in [2.45, 2.75) is 37.6 Å². The fraction of sp³-hybridized carbons (Fsp3) is 0.538. The van der Waals surface area contributed by atoms with Gasteiger partial charge in [0.2, 0.25) is 0 Å². The Labute approximate surface area is 96.9 Å². The van der Waals surface area contributed by atoms with Crippen molar-refractivity contribution in [1.29, 1.82) is 0 Å². The molecule has 1 aromatic carbocycles. The first-order chi connectivity index (χ1) is 6.98. The molecule has 2 rings (SSSR count). The molecule has 0 saturated heterocycles. The minimum absolute atomic E-state index is 0.258. The van der Waals surface area contributed by atoms with Gasteiger partial charge in [0, 0.05) is 17.3 Å². The van der Waals surface area contributed by atoms with E-state index in [-0.39, 0.29) is 5.41 Å². The Kier molecular flexibility index (Phi) is 2.82. The van der Waals surface area contributed by atoms with Crippen molar-refractivity contribution < 1.29 is 0 Å². The van der Waals surface area contributed by atoms with E-state index in [0.29, 0.717) is 0 Å². The van der Waals surface area contributed by atoms with Crippen LogP contribution in [0.25, 0.3) is 0 Å². The summed E-state index contributed by atoms with van der Waals surface area (Å²) in [7, 11) is 2.18. The molecular weight excluding hydrogens is 202 g/mol. The van der Waals surface area contributed by atoms with E-state index in [0.717, 1.165) is 12.4 Å². The highest BCUT2D eigenvalue weighted by molar-refractivity contribution is 7.99. The van der Waals surface area contributed by atoms with Crippen LogP contribution in [0.15, 0.2) is 23.1 Å². The monoisotopic (exact) mass is 221 g/mol. The van der Waals surface area contributed by atoms with Crippen LogP contribution in [-0.2, 0) is 12.0 Å². The Morgan fingerprint density at radius 2 is 2.00 bits per heavy atom. The van der Waals surface area contributed by atoms with Gasteiger partial charge in [0.1, 0.15) is 0 Å². The first kappa shape index (κ1) is 11.0. The molecule has 0 N–H and O–H groups in total. The second-order valence-electron chi connectivity index (χ2n) is 5.33. The van der Waals surface area contributed by atoms with Gasteiger partial charge in [-0.2, -0.15) is 0 Å². The lowest BCUT2D eigenvalue weighted by Crippen LogP contribution is -2.24. The lowest BCUT2D eigenvalue weighted by Gasteiger charge is -2.30. The molecule has 1 aromatic rings. The van der Waals surface area contributed by atoms with E-state index in [2.05, 4.69) is 50.9 Å². The lowest BCUT2D eigenvalue weighted by molar-refractivity contribution is 0.374.